The third-order valence-corrected chi connectivity index (χ3v) is 2.94. The van der Waals surface area contributed by atoms with E-state index in [2.05, 4.69) is 4.98 Å². The van der Waals surface area contributed by atoms with Gasteiger partial charge in [0.2, 0.25) is 5.91 Å². The maximum absolute atomic E-state index is 11.6. The summed E-state index contributed by atoms with van der Waals surface area (Å²) in [4.78, 5) is 17.3. The van der Waals surface area contributed by atoms with Crippen LogP contribution in [-0.4, -0.2) is 23.3 Å². The molecule has 0 spiro atoms. The van der Waals surface area contributed by atoms with Crippen molar-refractivity contribution >= 4 is 29.0 Å². The Morgan fingerprint density at radius 2 is 2.40 bits per heavy atom. The molecule has 0 bridgehead atoms. The van der Waals surface area contributed by atoms with Crippen LogP contribution in [0.2, 0.25) is 0 Å². The number of nitrogens with two attached hydrogens (primary N) is 1. The van der Waals surface area contributed by atoms with Crippen LogP contribution in [0, 0.1) is 5.92 Å². The van der Waals surface area contributed by atoms with Crippen molar-refractivity contribution in [3.63, 3.8) is 0 Å². The molecule has 2 rings (SSSR count). The van der Waals surface area contributed by atoms with Crippen LogP contribution in [0.1, 0.15) is 6.42 Å². The topological polar surface area (TPSA) is 59.2 Å². The van der Waals surface area contributed by atoms with Crippen LogP contribution in [0.5, 0.6) is 0 Å². The normalized spacial score (nSPS) is 21.0. The quantitative estimate of drug-likeness (QED) is 0.771. The van der Waals surface area contributed by atoms with Gasteiger partial charge in [-0.05, 0) is 18.1 Å². The first-order chi connectivity index (χ1) is 7.20. The first-order valence-corrected chi connectivity index (χ1v) is 5.32. The summed E-state index contributed by atoms with van der Waals surface area (Å²) in [6, 6.07) is 3.49. The second kappa shape index (κ2) is 4.06. The number of anilines is 2. The van der Waals surface area contributed by atoms with E-state index >= 15 is 0 Å². The molecule has 1 saturated heterocycles. The van der Waals surface area contributed by atoms with E-state index in [1.165, 1.54) is 0 Å². The van der Waals surface area contributed by atoms with Crippen molar-refractivity contribution in [2.45, 2.75) is 6.42 Å². The first kappa shape index (κ1) is 10.2. The lowest BCUT2D eigenvalue weighted by atomic mass is 10.1. The van der Waals surface area contributed by atoms with Gasteiger partial charge in [-0.1, -0.05) is 0 Å². The van der Waals surface area contributed by atoms with E-state index in [9.17, 15) is 4.79 Å². The Balaban J connectivity index is 2.18. The SMILES string of the molecule is Nc1ccc(N2CC(CCl)CC2=O)cn1. The van der Waals surface area contributed by atoms with E-state index in [1.54, 1.807) is 23.2 Å². The van der Waals surface area contributed by atoms with E-state index in [1.807, 2.05) is 0 Å². The van der Waals surface area contributed by atoms with Crippen LogP contribution in [0.15, 0.2) is 18.3 Å². The van der Waals surface area contributed by atoms with Gasteiger partial charge in [0.05, 0.1) is 11.9 Å². The van der Waals surface area contributed by atoms with Gasteiger partial charge in [-0.25, -0.2) is 4.98 Å². The van der Waals surface area contributed by atoms with Gasteiger partial charge in [-0.2, -0.15) is 0 Å². The molecular formula is C10H12ClN3O. The molecule has 1 aromatic rings. The van der Waals surface area contributed by atoms with Crippen molar-refractivity contribution in [1.29, 1.82) is 0 Å². The zero-order valence-corrected chi connectivity index (χ0v) is 8.94. The largest absolute Gasteiger partial charge is 0.384 e. The van der Waals surface area contributed by atoms with Crippen molar-refractivity contribution in [2.75, 3.05) is 23.1 Å². The number of alkyl halides is 1. The zero-order chi connectivity index (χ0) is 10.8. The molecule has 4 nitrogen and oxygen atoms in total. The lowest BCUT2D eigenvalue weighted by Crippen LogP contribution is -2.24. The molecule has 0 aliphatic carbocycles. The number of hydrogen-bond acceptors (Lipinski definition) is 3. The summed E-state index contributed by atoms with van der Waals surface area (Å²) < 4.78 is 0. The van der Waals surface area contributed by atoms with Gasteiger partial charge < -0.3 is 10.6 Å². The van der Waals surface area contributed by atoms with Crippen LogP contribution >= 0.6 is 11.6 Å². The number of hydrogen-bond donors (Lipinski definition) is 1. The fourth-order valence-corrected chi connectivity index (χ4v) is 1.90. The molecule has 15 heavy (non-hydrogen) atoms. The monoisotopic (exact) mass is 225 g/mol. The van der Waals surface area contributed by atoms with Crippen LogP contribution in [0.4, 0.5) is 11.5 Å². The lowest BCUT2D eigenvalue weighted by molar-refractivity contribution is -0.117. The van der Waals surface area contributed by atoms with Gasteiger partial charge in [0.1, 0.15) is 5.82 Å². The molecule has 1 amide bonds. The van der Waals surface area contributed by atoms with E-state index in [4.69, 9.17) is 17.3 Å². The van der Waals surface area contributed by atoms with Crippen LogP contribution in [-0.2, 0) is 4.79 Å². The molecule has 2 N–H and O–H groups in total. The van der Waals surface area contributed by atoms with Crippen molar-refractivity contribution in [3.8, 4) is 0 Å². The van der Waals surface area contributed by atoms with Crippen molar-refractivity contribution < 1.29 is 4.79 Å². The minimum atomic E-state index is 0.104. The zero-order valence-electron chi connectivity index (χ0n) is 8.19. The van der Waals surface area contributed by atoms with E-state index in [0.29, 0.717) is 24.7 Å². The number of carbonyl (C=O) groups is 1. The summed E-state index contributed by atoms with van der Waals surface area (Å²) in [5.41, 5.74) is 6.27. The summed E-state index contributed by atoms with van der Waals surface area (Å²) in [6.45, 7) is 0.675. The fourth-order valence-electron chi connectivity index (χ4n) is 1.69. The molecule has 80 valence electrons. The molecular weight excluding hydrogens is 214 g/mol. The second-order valence-electron chi connectivity index (χ2n) is 3.67. The summed E-state index contributed by atoms with van der Waals surface area (Å²) in [6.07, 6.45) is 2.14. The second-order valence-corrected chi connectivity index (χ2v) is 3.98. The minimum Gasteiger partial charge on any atom is -0.384 e. The maximum atomic E-state index is 11.6. The van der Waals surface area contributed by atoms with Crippen LogP contribution in [0.3, 0.4) is 0 Å². The number of amides is 1. The number of rotatable bonds is 2. The molecule has 1 fully saturated rings. The Labute approximate surface area is 93.0 Å². The van der Waals surface area contributed by atoms with E-state index < -0.39 is 0 Å². The predicted molar refractivity (Wildman–Crippen MR) is 59.8 cm³/mol. The third-order valence-electron chi connectivity index (χ3n) is 2.51. The number of halogens is 1. The Kier molecular flexibility index (Phi) is 2.77. The number of aromatic nitrogens is 1. The van der Waals surface area contributed by atoms with Gasteiger partial charge >= 0.3 is 0 Å². The van der Waals surface area contributed by atoms with E-state index in [-0.39, 0.29) is 11.8 Å². The highest BCUT2D eigenvalue weighted by Gasteiger charge is 2.29. The lowest BCUT2D eigenvalue weighted by Gasteiger charge is -2.15. The van der Waals surface area contributed by atoms with Crippen molar-refractivity contribution in [2.24, 2.45) is 5.92 Å². The Bertz CT molecular complexity index is 365. The highest BCUT2D eigenvalue weighted by molar-refractivity contribution is 6.18. The standard InChI is InChI=1S/C10H12ClN3O/c11-4-7-3-10(15)14(6-7)8-1-2-9(12)13-5-8/h1-2,5,7H,3-4,6H2,(H2,12,13). The van der Waals surface area contributed by atoms with Gasteiger partial charge in [-0.3, -0.25) is 4.79 Å². The van der Waals surface area contributed by atoms with Gasteiger partial charge in [-0.15, -0.1) is 11.6 Å². The predicted octanol–water partition coefficient (Wildman–Crippen LogP) is 1.26. The summed E-state index contributed by atoms with van der Waals surface area (Å²) in [5, 5.41) is 0. The highest BCUT2D eigenvalue weighted by atomic mass is 35.5. The number of nitrogen functional groups attached to an aromatic ring is 1. The third kappa shape index (κ3) is 2.04. The molecule has 1 atom stereocenters. The van der Waals surface area contributed by atoms with Crippen molar-refractivity contribution in [1.82, 2.24) is 4.98 Å². The van der Waals surface area contributed by atoms with Crippen molar-refractivity contribution in [3.05, 3.63) is 18.3 Å². The Hall–Kier alpha value is -1.29. The molecule has 0 radical (unpaired) electrons. The molecule has 0 saturated carbocycles. The smallest absolute Gasteiger partial charge is 0.227 e. The highest BCUT2D eigenvalue weighted by Crippen LogP contribution is 2.25. The molecule has 1 unspecified atom stereocenters. The molecule has 1 aromatic heterocycles. The molecule has 0 aromatic carbocycles. The fraction of sp³-hybridized carbons (Fsp3) is 0.400. The van der Waals surface area contributed by atoms with Crippen LogP contribution in [0.25, 0.3) is 0 Å². The van der Waals surface area contributed by atoms with Crippen LogP contribution < -0.4 is 10.6 Å². The first-order valence-electron chi connectivity index (χ1n) is 4.78. The summed E-state index contributed by atoms with van der Waals surface area (Å²) in [5.74, 6) is 1.33. The molecule has 1 aliphatic rings. The number of carbonyl (C=O) groups excluding carboxylic acids is 1. The average molecular weight is 226 g/mol. The average Bonchev–Trinajstić information content (AvgIpc) is 2.61. The number of nitrogens with zero attached hydrogens (tertiary/aromatic N) is 2. The Morgan fingerprint density at radius 1 is 1.60 bits per heavy atom. The van der Waals surface area contributed by atoms with E-state index in [0.717, 1.165) is 5.69 Å². The minimum absolute atomic E-state index is 0.104. The summed E-state index contributed by atoms with van der Waals surface area (Å²) >= 11 is 5.74. The maximum Gasteiger partial charge on any atom is 0.227 e. The summed E-state index contributed by atoms with van der Waals surface area (Å²) in [7, 11) is 0. The number of pyridine rings is 1. The molecule has 5 heteroatoms. The molecule has 2 heterocycles. The Morgan fingerprint density at radius 3 is 2.93 bits per heavy atom. The van der Waals surface area contributed by atoms with Gasteiger partial charge in [0.15, 0.2) is 0 Å². The van der Waals surface area contributed by atoms with Gasteiger partial charge in [0.25, 0.3) is 0 Å². The van der Waals surface area contributed by atoms with Gasteiger partial charge in [0, 0.05) is 18.8 Å². The molecule has 1 aliphatic heterocycles.